The molecule has 63 valence electrons. The Balaban J connectivity index is 0.00000121. The second-order valence-corrected chi connectivity index (χ2v) is 2.12. The van der Waals surface area contributed by atoms with Crippen molar-refractivity contribution in [3.8, 4) is 5.75 Å². The quantitative estimate of drug-likeness (QED) is 0.808. The third-order valence-corrected chi connectivity index (χ3v) is 1.38. The molecular weight excluding hydrogens is 229 g/mol. The SMILES string of the molecule is CCOc1cc[c-]cc1CO.[Y]. The van der Waals surface area contributed by atoms with Gasteiger partial charge in [0, 0.05) is 45.1 Å². The molecule has 0 aliphatic rings. The van der Waals surface area contributed by atoms with Gasteiger partial charge < -0.3 is 9.84 Å². The Kier molecular flexibility index (Phi) is 6.63. The van der Waals surface area contributed by atoms with Gasteiger partial charge in [-0.1, -0.05) is 5.56 Å². The minimum absolute atomic E-state index is 0. The van der Waals surface area contributed by atoms with Gasteiger partial charge in [-0.05, 0) is 6.92 Å². The largest absolute Gasteiger partial charge is 0.519 e. The van der Waals surface area contributed by atoms with Crippen LogP contribution in [0.3, 0.4) is 0 Å². The molecule has 1 radical (unpaired) electrons. The Morgan fingerprint density at radius 2 is 2.33 bits per heavy atom. The Morgan fingerprint density at radius 3 is 2.92 bits per heavy atom. The van der Waals surface area contributed by atoms with Gasteiger partial charge in [-0.3, -0.25) is 0 Å². The van der Waals surface area contributed by atoms with Crippen LogP contribution in [0.15, 0.2) is 18.2 Å². The van der Waals surface area contributed by atoms with Crippen molar-refractivity contribution in [3.05, 3.63) is 29.8 Å². The minimum Gasteiger partial charge on any atom is -0.519 e. The van der Waals surface area contributed by atoms with E-state index in [1.54, 1.807) is 18.2 Å². The van der Waals surface area contributed by atoms with E-state index in [2.05, 4.69) is 6.07 Å². The Hall–Kier alpha value is 0.0839. The maximum absolute atomic E-state index is 8.85. The predicted molar refractivity (Wildman–Crippen MR) is 42.4 cm³/mol. The standard InChI is InChI=1S/C9H11O2.Y/c1-2-11-9-6-4-3-5-8(9)7-10;/h4-6,10H,2,7H2,1H3;/q-1;. The molecule has 1 aromatic carbocycles. The fraction of sp³-hybridized carbons (Fsp3) is 0.333. The molecule has 0 unspecified atom stereocenters. The van der Waals surface area contributed by atoms with E-state index in [4.69, 9.17) is 9.84 Å². The molecule has 0 aliphatic carbocycles. The minimum atomic E-state index is 0. The number of aliphatic hydroxyl groups is 1. The van der Waals surface area contributed by atoms with Crippen LogP contribution >= 0.6 is 0 Å². The Morgan fingerprint density at radius 1 is 1.58 bits per heavy atom. The van der Waals surface area contributed by atoms with Crippen molar-refractivity contribution >= 4 is 0 Å². The van der Waals surface area contributed by atoms with E-state index >= 15 is 0 Å². The number of aliphatic hydroxyl groups excluding tert-OH is 1. The molecular formula is C9H11O2Y-. The molecule has 0 aromatic heterocycles. The van der Waals surface area contributed by atoms with E-state index in [0.717, 1.165) is 11.3 Å². The molecule has 0 bridgehead atoms. The van der Waals surface area contributed by atoms with Crippen LogP contribution in [0, 0.1) is 6.07 Å². The summed E-state index contributed by atoms with van der Waals surface area (Å²) >= 11 is 0. The molecule has 12 heavy (non-hydrogen) atoms. The van der Waals surface area contributed by atoms with Crippen LogP contribution in [-0.2, 0) is 39.3 Å². The van der Waals surface area contributed by atoms with Gasteiger partial charge >= 0.3 is 0 Å². The van der Waals surface area contributed by atoms with E-state index < -0.39 is 0 Å². The number of rotatable bonds is 3. The Labute approximate surface area is 97.8 Å². The van der Waals surface area contributed by atoms with Crippen molar-refractivity contribution < 1.29 is 42.6 Å². The van der Waals surface area contributed by atoms with Gasteiger partial charge in [0.05, 0.1) is 6.61 Å². The van der Waals surface area contributed by atoms with Gasteiger partial charge in [0.15, 0.2) is 0 Å². The molecule has 1 rings (SSSR count). The predicted octanol–water partition coefficient (Wildman–Crippen LogP) is 1.38. The van der Waals surface area contributed by atoms with Crippen molar-refractivity contribution in [1.82, 2.24) is 0 Å². The Bertz CT molecular complexity index is 226. The van der Waals surface area contributed by atoms with Crippen LogP contribution < -0.4 is 4.74 Å². The molecule has 1 aromatic rings. The molecule has 0 amide bonds. The first-order chi connectivity index (χ1) is 5.38. The number of benzene rings is 1. The van der Waals surface area contributed by atoms with E-state index in [9.17, 15) is 0 Å². The third kappa shape index (κ3) is 3.22. The number of ether oxygens (including phenoxy) is 1. The van der Waals surface area contributed by atoms with Crippen LogP contribution in [0.1, 0.15) is 12.5 Å². The van der Waals surface area contributed by atoms with Crippen LogP contribution in [0.2, 0.25) is 0 Å². The molecule has 0 saturated heterocycles. The monoisotopic (exact) mass is 240 g/mol. The van der Waals surface area contributed by atoms with Gasteiger partial charge in [0.2, 0.25) is 0 Å². The van der Waals surface area contributed by atoms with Crippen LogP contribution in [0.5, 0.6) is 5.75 Å². The van der Waals surface area contributed by atoms with E-state index in [1.165, 1.54) is 0 Å². The summed E-state index contributed by atoms with van der Waals surface area (Å²) in [5.74, 6) is 0.744. The summed E-state index contributed by atoms with van der Waals surface area (Å²) < 4.78 is 5.25. The van der Waals surface area contributed by atoms with Crippen molar-refractivity contribution in [2.75, 3.05) is 6.61 Å². The summed E-state index contributed by atoms with van der Waals surface area (Å²) in [5, 5.41) is 8.85. The van der Waals surface area contributed by atoms with E-state index in [-0.39, 0.29) is 39.3 Å². The molecule has 0 saturated carbocycles. The molecule has 0 atom stereocenters. The molecule has 1 N–H and O–H groups in total. The van der Waals surface area contributed by atoms with Crippen molar-refractivity contribution in [2.45, 2.75) is 13.5 Å². The maximum atomic E-state index is 8.85. The number of hydrogen-bond donors (Lipinski definition) is 1. The van der Waals surface area contributed by atoms with Crippen molar-refractivity contribution in [2.24, 2.45) is 0 Å². The second kappa shape index (κ2) is 6.58. The maximum Gasteiger partial charge on any atom is 0.0822 e. The summed E-state index contributed by atoms with van der Waals surface area (Å²) in [7, 11) is 0. The average Bonchev–Trinajstić information content (AvgIpc) is 2.06. The van der Waals surface area contributed by atoms with Gasteiger partial charge in [0.25, 0.3) is 0 Å². The molecule has 0 spiro atoms. The summed E-state index contributed by atoms with van der Waals surface area (Å²) in [4.78, 5) is 0. The van der Waals surface area contributed by atoms with Gasteiger partial charge in [-0.2, -0.15) is 18.2 Å². The summed E-state index contributed by atoms with van der Waals surface area (Å²) in [6.45, 7) is 2.54. The van der Waals surface area contributed by atoms with E-state index in [0.29, 0.717) is 6.61 Å². The summed E-state index contributed by atoms with van der Waals surface area (Å²) in [6.07, 6.45) is 0. The first-order valence-electron chi connectivity index (χ1n) is 3.61. The first-order valence-corrected chi connectivity index (χ1v) is 3.61. The smallest absolute Gasteiger partial charge is 0.0822 e. The van der Waals surface area contributed by atoms with Crippen molar-refractivity contribution in [1.29, 1.82) is 0 Å². The summed E-state index contributed by atoms with van der Waals surface area (Å²) in [5.41, 5.74) is 0.786. The molecule has 0 fully saturated rings. The normalized spacial score (nSPS) is 8.83. The zero-order valence-corrected chi connectivity index (χ0v) is 9.92. The average molecular weight is 240 g/mol. The third-order valence-electron chi connectivity index (χ3n) is 1.38. The van der Waals surface area contributed by atoms with Gasteiger partial charge in [-0.25, -0.2) is 0 Å². The first kappa shape index (κ1) is 12.1. The zero-order chi connectivity index (χ0) is 8.10. The fourth-order valence-corrected chi connectivity index (χ4v) is 0.871. The van der Waals surface area contributed by atoms with Crippen LogP contribution in [0.4, 0.5) is 0 Å². The van der Waals surface area contributed by atoms with Crippen molar-refractivity contribution in [3.63, 3.8) is 0 Å². The molecule has 0 heterocycles. The van der Waals surface area contributed by atoms with E-state index in [1.807, 2.05) is 6.92 Å². The number of hydrogen-bond acceptors (Lipinski definition) is 2. The van der Waals surface area contributed by atoms with Gasteiger partial charge in [0.1, 0.15) is 0 Å². The fourth-order valence-electron chi connectivity index (χ4n) is 0.871. The summed E-state index contributed by atoms with van der Waals surface area (Å²) in [6, 6.07) is 8.17. The van der Waals surface area contributed by atoms with Gasteiger partial charge in [-0.15, -0.1) is 6.07 Å². The molecule has 0 aliphatic heterocycles. The van der Waals surface area contributed by atoms with Crippen LogP contribution in [-0.4, -0.2) is 11.7 Å². The molecule has 3 heteroatoms. The molecule has 2 nitrogen and oxygen atoms in total. The zero-order valence-electron chi connectivity index (χ0n) is 7.08. The topological polar surface area (TPSA) is 29.5 Å². The second-order valence-electron chi connectivity index (χ2n) is 2.12. The van der Waals surface area contributed by atoms with Crippen LogP contribution in [0.25, 0.3) is 0 Å².